The van der Waals surface area contributed by atoms with Crippen molar-refractivity contribution >= 4 is 6.03 Å². The van der Waals surface area contributed by atoms with Crippen molar-refractivity contribution < 1.29 is 9.21 Å². The van der Waals surface area contributed by atoms with Gasteiger partial charge in [0, 0.05) is 12.7 Å². The molecule has 1 atom stereocenters. The van der Waals surface area contributed by atoms with Crippen LogP contribution in [0.1, 0.15) is 36.1 Å². The Hall–Kier alpha value is -2.41. The van der Waals surface area contributed by atoms with E-state index < -0.39 is 0 Å². The van der Waals surface area contributed by atoms with Crippen LogP contribution in [0.5, 0.6) is 0 Å². The van der Waals surface area contributed by atoms with Crippen molar-refractivity contribution in [1.82, 2.24) is 25.5 Å². The summed E-state index contributed by atoms with van der Waals surface area (Å²) in [6.45, 7) is 4.90. The lowest BCUT2D eigenvalue weighted by Gasteiger charge is -2.26. The first-order valence-corrected chi connectivity index (χ1v) is 8.29. The van der Waals surface area contributed by atoms with E-state index in [4.69, 9.17) is 4.42 Å². The van der Waals surface area contributed by atoms with Gasteiger partial charge in [0.05, 0.1) is 18.3 Å². The number of aryl methyl sites for hydroxylation is 1. The minimum atomic E-state index is -0.207. The number of aromatic nitrogens is 2. The molecule has 2 N–H and O–H groups in total. The molecule has 1 saturated heterocycles. The largest absolute Gasteiger partial charge is 0.465 e. The van der Waals surface area contributed by atoms with Crippen molar-refractivity contribution in [2.45, 2.75) is 32.4 Å². The lowest BCUT2D eigenvalue weighted by Crippen LogP contribution is -2.41. The number of hydrogen-bond donors (Lipinski definition) is 2. The van der Waals surface area contributed by atoms with Crippen LogP contribution >= 0.6 is 0 Å². The lowest BCUT2D eigenvalue weighted by atomic mass is 10.2. The molecule has 3 rings (SSSR count). The Balaban J connectivity index is 1.54. The molecular formula is C17H23N5O2. The molecule has 24 heavy (non-hydrogen) atoms. The molecule has 1 aliphatic heterocycles. The number of hydrogen-bond acceptors (Lipinski definition) is 5. The third-order valence-electron chi connectivity index (χ3n) is 4.20. The van der Waals surface area contributed by atoms with Crippen LogP contribution < -0.4 is 10.6 Å². The first-order chi connectivity index (χ1) is 11.7. The normalized spacial score (nSPS) is 16.0. The van der Waals surface area contributed by atoms with E-state index in [2.05, 4.69) is 25.5 Å². The molecule has 0 bridgehead atoms. The first kappa shape index (κ1) is 16.4. The van der Waals surface area contributed by atoms with E-state index in [0.717, 1.165) is 30.3 Å². The Morgan fingerprint density at radius 3 is 2.79 bits per heavy atom. The molecule has 0 aliphatic carbocycles. The summed E-state index contributed by atoms with van der Waals surface area (Å²) in [5, 5.41) is 5.75. The Kier molecular flexibility index (Phi) is 5.43. The van der Waals surface area contributed by atoms with E-state index in [1.165, 1.54) is 19.2 Å². The van der Waals surface area contributed by atoms with Crippen molar-refractivity contribution in [1.29, 1.82) is 0 Å². The van der Waals surface area contributed by atoms with Gasteiger partial charge >= 0.3 is 6.03 Å². The van der Waals surface area contributed by atoms with Crippen molar-refractivity contribution in [3.8, 4) is 0 Å². The van der Waals surface area contributed by atoms with Crippen LogP contribution in [0, 0.1) is 6.92 Å². The quantitative estimate of drug-likeness (QED) is 0.847. The minimum Gasteiger partial charge on any atom is -0.465 e. The number of amides is 2. The van der Waals surface area contributed by atoms with Gasteiger partial charge in [-0.2, -0.15) is 0 Å². The van der Waals surface area contributed by atoms with Crippen molar-refractivity contribution in [2.75, 3.05) is 19.6 Å². The van der Waals surface area contributed by atoms with E-state index in [1.54, 1.807) is 12.3 Å². The van der Waals surface area contributed by atoms with Crippen LogP contribution in [0.3, 0.4) is 0 Å². The molecular weight excluding hydrogens is 306 g/mol. The lowest BCUT2D eigenvalue weighted by molar-refractivity contribution is 0.202. The van der Waals surface area contributed by atoms with Crippen LogP contribution in [-0.4, -0.2) is 40.5 Å². The zero-order chi connectivity index (χ0) is 16.8. The van der Waals surface area contributed by atoms with Crippen molar-refractivity contribution in [3.05, 3.63) is 47.9 Å². The molecule has 0 radical (unpaired) electrons. The average molecular weight is 329 g/mol. The van der Waals surface area contributed by atoms with E-state index in [0.29, 0.717) is 13.1 Å². The second-order valence-corrected chi connectivity index (χ2v) is 5.97. The van der Waals surface area contributed by atoms with Crippen LogP contribution in [0.2, 0.25) is 0 Å². The fraction of sp³-hybridized carbons (Fsp3) is 0.471. The SMILES string of the molecule is Cc1ccc(C(CNC(=O)NCc2ccncn2)N2CCCC2)o1. The molecule has 128 valence electrons. The van der Waals surface area contributed by atoms with Crippen LogP contribution in [0.4, 0.5) is 4.79 Å². The summed E-state index contributed by atoms with van der Waals surface area (Å²) in [5.41, 5.74) is 0.776. The second-order valence-electron chi connectivity index (χ2n) is 5.97. The standard InChI is InChI=1S/C17H23N5O2/c1-13-4-5-16(24-13)15(22-8-2-3-9-22)11-20-17(23)19-10-14-6-7-18-12-21-14/h4-7,12,15H,2-3,8-11H2,1H3,(H2,19,20,23). The summed E-state index contributed by atoms with van der Waals surface area (Å²) < 4.78 is 5.79. The Bertz CT molecular complexity index is 652. The highest BCUT2D eigenvalue weighted by Gasteiger charge is 2.26. The molecule has 0 aromatic carbocycles. The zero-order valence-electron chi connectivity index (χ0n) is 13.9. The fourth-order valence-corrected chi connectivity index (χ4v) is 2.94. The molecule has 1 unspecified atom stereocenters. The van der Waals surface area contributed by atoms with Crippen molar-refractivity contribution in [2.24, 2.45) is 0 Å². The molecule has 2 aromatic heterocycles. The number of urea groups is 1. The predicted molar refractivity (Wildman–Crippen MR) is 89.3 cm³/mol. The highest BCUT2D eigenvalue weighted by molar-refractivity contribution is 5.73. The van der Waals surface area contributed by atoms with Gasteiger partial charge in [0.15, 0.2) is 0 Å². The summed E-state index contributed by atoms with van der Waals surface area (Å²) in [6, 6.07) is 5.61. The number of nitrogens with zero attached hydrogens (tertiary/aromatic N) is 3. The molecule has 0 saturated carbocycles. The number of carbonyl (C=O) groups excluding carboxylic acids is 1. The molecule has 3 heterocycles. The fourth-order valence-electron chi connectivity index (χ4n) is 2.94. The number of nitrogens with one attached hydrogen (secondary N) is 2. The van der Waals surface area contributed by atoms with E-state index in [9.17, 15) is 4.79 Å². The van der Waals surface area contributed by atoms with E-state index in [-0.39, 0.29) is 12.1 Å². The summed E-state index contributed by atoms with van der Waals surface area (Å²) in [7, 11) is 0. The topological polar surface area (TPSA) is 83.3 Å². The number of furan rings is 1. The molecule has 7 nitrogen and oxygen atoms in total. The van der Waals surface area contributed by atoms with Crippen molar-refractivity contribution in [3.63, 3.8) is 0 Å². The minimum absolute atomic E-state index is 0.0750. The maximum absolute atomic E-state index is 12.1. The number of likely N-dealkylation sites (tertiary alicyclic amines) is 1. The maximum atomic E-state index is 12.1. The van der Waals surface area contributed by atoms with Gasteiger partial charge in [0.2, 0.25) is 0 Å². The molecule has 1 fully saturated rings. The summed E-state index contributed by atoms with van der Waals surface area (Å²) in [6.07, 6.45) is 5.51. The van der Waals surface area contributed by atoms with Crippen LogP contribution in [0.25, 0.3) is 0 Å². The molecule has 7 heteroatoms. The summed E-state index contributed by atoms with van der Waals surface area (Å²) >= 11 is 0. The Labute approximate surface area is 141 Å². The van der Waals surface area contributed by atoms with E-state index in [1.807, 2.05) is 19.1 Å². The number of rotatable bonds is 6. The van der Waals surface area contributed by atoms with Gasteiger partial charge in [0.25, 0.3) is 0 Å². The Morgan fingerprint density at radius 2 is 2.12 bits per heavy atom. The van der Waals surface area contributed by atoms with Gasteiger partial charge in [-0.25, -0.2) is 14.8 Å². The molecule has 0 spiro atoms. The average Bonchev–Trinajstić information content (AvgIpc) is 3.27. The summed E-state index contributed by atoms with van der Waals surface area (Å²) in [4.78, 5) is 22.4. The monoisotopic (exact) mass is 329 g/mol. The van der Waals surface area contributed by atoms with Gasteiger partial charge in [-0.05, 0) is 51.1 Å². The van der Waals surface area contributed by atoms with Crippen LogP contribution in [-0.2, 0) is 6.54 Å². The predicted octanol–water partition coefficient (Wildman–Crippen LogP) is 2.01. The number of carbonyl (C=O) groups is 1. The molecule has 1 aliphatic rings. The van der Waals surface area contributed by atoms with Gasteiger partial charge < -0.3 is 15.1 Å². The maximum Gasteiger partial charge on any atom is 0.315 e. The smallest absolute Gasteiger partial charge is 0.315 e. The third-order valence-corrected chi connectivity index (χ3v) is 4.20. The van der Waals surface area contributed by atoms with Crippen LogP contribution in [0.15, 0.2) is 35.1 Å². The van der Waals surface area contributed by atoms with Gasteiger partial charge in [-0.3, -0.25) is 4.90 Å². The summed E-state index contributed by atoms with van der Waals surface area (Å²) in [5.74, 6) is 1.80. The highest BCUT2D eigenvalue weighted by Crippen LogP contribution is 2.26. The first-order valence-electron chi connectivity index (χ1n) is 8.29. The third kappa shape index (κ3) is 4.32. The highest BCUT2D eigenvalue weighted by atomic mass is 16.3. The Morgan fingerprint density at radius 1 is 1.29 bits per heavy atom. The molecule has 2 aromatic rings. The van der Waals surface area contributed by atoms with Gasteiger partial charge in [-0.15, -0.1) is 0 Å². The van der Waals surface area contributed by atoms with E-state index >= 15 is 0 Å². The van der Waals surface area contributed by atoms with Gasteiger partial charge in [0.1, 0.15) is 17.8 Å². The van der Waals surface area contributed by atoms with Gasteiger partial charge in [-0.1, -0.05) is 0 Å². The zero-order valence-corrected chi connectivity index (χ0v) is 13.9. The molecule has 2 amide bonds. The second kappa shape index (κ2) is 7.92.